The van der Waals surface area contributed by atoms with Crippen LogP contribution in [0, 0.1) is 0 Å². The number of imidazole rings is 1. The first kappa shape index (κ1) is 12.9. The van der Waals surface area contributed by atoms with E-state index in [4.69, 9.17) is 0 Å². The van der Waals surface area contributed by atoms with Crippen LogP contribution in [0.5, 0.6) is 0 Å². The number of rotatable bonds is 3. The van der Waals surface area contributed by atoms with Crippen molar-refractivity contribution in [2.24, 2.45) is 0 Å². The highest BCUT2D eigenvalue weighted by Crippen LogP contribution is 2.10. The van der Waals surface area contributed by atoms with Crippen LogP contribution >= 0.6 is 0 Å². The minimum Gasteiger partial charge on any atom is -0.348 e. The number of piperidine rings is 1. The van der Waals surface area contributed by atoms with E-state index < -0.39 is 0 Å². The summed E-state index contributed by atoms with van der Waals surface area (Å²) in [6.45, 7) is 1.91. The Kier molecular flexibility index (Phi) is 3.78. The molecule has 2 N–H and O–H groups in total. The van der Waals surface area contributed by atoms with E-state index in [9.17, 15) is 4.79 Å². The Morgan fingerprint density at radius 1 is 1.35 bits per heavy atom. The minimum atomic E-state index is -0.00381. The molecule has 104 valence electrons. The predicted octanol–water partition coefficient (Wildman–Crippen LogP) is 1.35. The summed E-state index contributed by atoms with van der Waals surface area (Å²) in [6, 6.07) is 7.79. The van der Waals surface area contributed by atoms with Gasteiger partial charge in [0.2, 0.25) is 0 Å². The number of amides is 1. The lowest BCUT2D eigenvalue weighted by molar-refractivity contribution is 0.0930. The third-order valence-corrected chi connectivity index (χ3v) is 3.56. The van der Waals surface area contributed by atoms with Crippen LogP contribution in [-0.4, -0.2) is 34.6 Å². The Balaban J connectivity index is 1.66. The van der Waals surface area contributed by atoms with Gasteiger partial charge in [0.15, 0.2) is 0 Å². The van der Waals surface area contributed by atoms with Gasteiger partial charge in [-0.3, -0.25) is 4.79 Å². The lowest BCUT2D eigenvalue weighted by Crippen LogP contribution is -2.45. The molecule has 1 saturated heterocycles. The van der Waals surface area contributed by atoms with Crippen LogP contribution in [0.15, 0.2) is 43.0 Å². The highest BCUT2D eigenvalue weighted by molar-refractivity contribution is 5.94. The normalized spacial score (nSPS) is 18.7. The van der Waals surface area contributed by atoms with E-state index in [-0.39, 0.29) is 11.9 Å². The van der Waals surface area contributed by atoms with Gasteiger partial charge < -0.3 is 15.2 Å². The number of hydrogen-bond donors (Lipinski definition) is 2. The van der Waals surface area contributed by atoms with Crippen molar-refractivity contribution in [3.05, 3.63) is 48.5 Å². The monoisotopic (exact) mass is 270 g/mol. The van der Waals surface area contributed by atoms with E-state index >= 15 is 0 Å². The summed E-state index contributed by atoms with van der Waals surface area (Å²) in [5.41, 5.74) is 1.69. The number of nitrogens with zero attached hydrogens (tertiary/aromatic N) is 2. The molecule has 1 aromatic heterocycles. The Hall–Kier alpha value is -2.14. The molecular weight excluding hydrogens is 252 g/mol. The van der Waals surface area contributed by atoms with Crippen molar-refractivity contribution in [1.82, 2.24) is 20.2 Å². The number of hydrogen-bond acceptors (Lipinski definition) is 3. The van der Waals surface area contributed by atoms with Gasteiger partial charge in [0, 0.05) is 36.2 Å². The fourth-order valence-corrected chi connectivity index (χ4v) is 2.44. The Labute approximate surface area is 118 Å². The summed E-state index contributed by atoms with van der Waals surface area (Å²) in [5.74, 6) is -0.00381. The molecule has 1 aliphatic heterocycles. The summed E-state index contributed by atoms with van der Waals surface area (Å²) in [6.07, 6.45) is 7.51. The first-order valence-corrected chi connectivity index (χ1v) is 6.93. The molecule has 1 atom stereocenters. The maximum absolute atomic E-state index is 12.2. The quantitative estimate of drug-likeness (QED) is 0.885. The second-order valence-electron chi connectivity index (χ2n) is 5.03. The van der Waals surface area contributed by atoms with Gasteiger partial charge in [0.05, 0.1) is 6.33 Å². The number of carbonyl (C=O) groups excluding carboxylic acids is 1. The molecule has 0 bridgehead atoms. The maximum atomic E-state index is 12.2. The van der Waals surface area contributed by atoms with Crippen molar-refractivity contribution in [1.29, 1.82) is 0 Å². The van der Waals surface area contributed by atoms with Crippen molar-refractivity contribution in [2.75, 3.05) is 13.1 Å². The maximum Gasteiger partial charge on any atom is 0.251 e. The topological polar surface area (TPSA) is 59.0 Å². The first-order chi connectivity index (χ1) is 9.83. The Bertz CT molecular complexity index is 556. The second kappa shape index (κ2) is 5.88. The summed E-state index contributed by atoms with van der Waals surface area (Å²) >= 11 is 0. The molecule has 2 heterocycles. The van der Waals surface area contributed by atoms with Crippen LogP contribution < -0.4 is 10.6 Å². The van der Waals surface area contributed by atoms with Gasteiger partial charge in [-0.15, -0.1) is 0 Å². The van der Waals surface area contributed by atoms with Crippen LogP contribution in [-0.2, 0) is 0 Å². The molecule has 1 amide bonds. The molecule has 1 aliphatic rings. The zero-order valence-electron chi connectivity index (χ0n) is 11.2. The van der Waals surface area contributed by atoms with Crippen LogP contribution in [0.3, 0.4) is 0 Å². The van der Waals surface area contributed by atoms with Crippen molar-refractivity contribution in [3.63, 3.8) is 0 Å². The number of benzene rings is 1. The average Bonchev–Trinajstić information content (AvgIpc) is 3.03. The lowest BCUT2D eigenvalue weighted by atomic mass is 10.1. The summed E-state index contributed by atoms with van der Waals surface area (Å²) in [5, 5.41) is 6.36. The number of aromatic nitrogens is 2. The SMILES string of the molecule is O=C(NC1CCCNC1)c1ccc(-n2ccnc2)cc1. The summed E-state index contributed by atoms with van der Waals surface area (Å²) < 4.78 is 1.91. The third-order valence-electron chi connectivity index (χ3n) is 3.56. The summed E-state index contributed by atoms with van der Waals surface area (Å²) in [7, 11) is 0. The fraction of sp³-hybridized carbons (Fsp3) is 0.333. The van der Waals surface area contributed by atoms with Crippen LogP contribution in [0.25, 0.3) is 5.69 Å². The third kappa shape index (κ3) is 2.88. The molecule has 2 aromatic rings. The van der Waals surface area contributed by atoms with Crippen LogP contribution in [0.2, 0.25) is 0 Å². The van der Waals surface area contributed by atoms with Gasteiger partial charge in [-0.05, 0) is 43.7 Å². The van der Waals surface area contributed by atoms with Crippen molar-refractivity contribution >= 4 is 5.91 Å². The molecule has 0 saturated carbocycles. The molecule has 0 radical (unpaired) electrons. The van der Waals surface area contributed by atoms with E-state index in [0.29, 0.717) is 5.56 Å². The highest BCUT2D eigenvalue weighted by Gasteiger charge is 2.16. The number of carbonyl (C=O) groups is 1. The highest BCUT2D eigenvalue weighted by atomic mass is 16.1. The molecule has 20 heavy (non-hydrogen) atoms. The van der Waals surface area contributed by atoms with Gasteiger partial charge in [0.25, 0.3) is 5.91 Å². The lowest BCUT2D eigenvalue weighted by Gasteiger charge is -2.23. The van der Waals surface area contributed by atoms with E-state index in [0.717, 1.165) is 31.6 Å². The second-order valence-corrected chi connectivity index (χ2v) is 5.03. The molecule has 1 aromatic carbocycles. The van der Waals surface area contributed by atoms with Gasteiger partial charge in [-0.1, -0.05) is 0 Å². The van der Waals surface area contributed by atoms with Gasteiger partial charge in [-0.25, -0.2) is 4.98 Å². The van der Waals surface area contributed by atoms with Crippen LogP contribution in [0.4, 0.5) is 0 Å². The van der Waals surface area contributed by atoms with Gasteiger partial charge >= 0.3 is 0 Å². The zero-order chi connectivity index (χ0) is 13.8. The van der Waals surface area contributed by atoms with E-state index in [1.165, 1.54) is 0 Å². The predicted molar refractivity (Wildman–Crippen MR) is 76.9 cm³/mol. The molecule has 3 rings (SSSR count). The van der Waals surface area contributed by atoms with Crippen molar-refractivity contribution in [2.45, 2.75) is 18.9 Å². The van der Waals surface area contributed by atoms with Crippen LogP contribution in [0.1, 0.15) is 23.2 Å². The molecule has 0 spiro atoms. The minimum absolute atomic E-state index is 0.00381. The molecule has 5 nitrogen and oxygen atoms in total. The number of nitrogens with one attached hydrogen (secondary N) is 2. The van der Waals surface area contributed by atoms with E-state index in [1.807, 2.05) is 35.0 Å². The molecule has 0 aliphatic carbocycles. The average molecular weight is 270 g/mol. The van der Waals surface area contributed by atoms with Crippen molar-refractivity contribution in [3.8, 4) is 5.69 Å². The fourth-order valence-electron chi connectivity index (χ4n) is 2.44. The first-order valence-electron chi connectivity index (χ1n) is 6.93. The van der Waals surface area contributed by atoms with E-state index in [1.54, 1.807) is 12.5 Å². The Morgan fingerprint density at radius 2 is 2.20 bits per heavy atom. The Morgan fingerprint density at radius 3 is 2.85 bits per heavy atom. The van der Waals surface area contributed by atoms with Gasteiger partial charge in [0.1, 0.15) is 0 Å². The zero-order valence-corrected chi connectivity index (χ0v) is 11.2. The molecular formula is C15H18N4O. The molecule has 5 heteroatoms. The molecule has 1 unspecified atom stereocenters. The van der Waals surface area contributed by atoms with E-state index in [2.05, 4.69) is 15.6 Å². The molecule has 1 fully saturated rings. The van der Waals surface area contributed by atoms with Gasteiger partial charge in [-0.2, -0.15) is 0 Å². The smallest absolute Gasteiger partial charge is 0.251 e. The standard InChI is InChI=1S/C15H18N4O/c20-15(18-13-2-1-7-16-10-13)12-3-5-14(6-4-12)19-9-8-17-11-19/h3-6,8-9,11,13,16H,1-2,7,10H2,(H,18,20). The van der Waals surface area contributed by atoms with Crippen molar-refractivity contribution < 1.29 is 4.79 Å². The largest absolute Gasteiger partial charge is 0.348 e. The summed E-state index contributed by atoms with van der Waals surface area (Å²) in [4.78, 5) is 16.2.